The zero-order valence-electron chi connectivity index (χ0n) is 9.95. The first-order valence-electron chi connectivity index (χ1n) is 5.21. The maximum atomic E-state index is 4.63. The summed E-state index contributed by atoms with van der Waals surface area (Å²) in [6.07, 6.45) is 1.03. The molecule has 0 saturated heterocycles. The Bertz CT molecular complexity index is 327. The van der Waals surface area contributed by atoms with E-state index < -0.39 is 8.07 Å². The smallest absolute Gasteiger partial charge is 0.0692 e. The van der Waals surface area contributed by atoms with Crippen LogP contribution in [0.25, 0.3) is 0 Å². The Morgan fingerprint density at radius 1 is 1.20 bits per heavy atom. The van der Waals surface area contributed by atoms with Gasteiger partial charge in [0.1, 0.15) is 0 Å². The molecule has 3 heteroatoms. The highest BCUT2D eigenvalue weighted by atomic mass is 32.2. The molecule has 0 aromatic heterocycles. The van der Waals surface area contributed by atoms with Crippen molar-refractivity contribution < 1.29 is 0 Å². The summed E-state index contributed by atoms with van der Waals surface area (Å²) < 4.78 is 0. The minimum Gasteiger partial charge on any atom is -0.286 e. The lowest BCUT2D eigenvalue weighted by atomic mass is 10.4. The number of thioether (sulfide) groups is 1. The largest absolute Gasteiger partial charge is 0.286 e. The molecule has 0 aliphatic heterocycles. The van der Waals surface area contributed by atoms with Gasteiger partial charge in [-0.1, -0.05) is 49.6 Å². The Kier molecular flexibility index (Phi) is 4.61. The van der Waals surface area contributed by atoms with Crippen molar-refractivity contribution in [3.63, 3.8) is 0 Å². The van der Waals surface area contributed by atoms with Crippen LogP contribution in [-0.2, 0) is 0 Å². The molecule has 1 rings (SSSR count). The molecule has 0 aliphatic rings. The Balaban J connectivity index is 2.53. The first-order valence-corrected chi connectivity index (χ1v) is 9.74. The second-order valence-electron chi connectivity index (χ2n) is 4.81. The van der Waals surface area contributed by atoms with Gasteiger partial charge >= 0.3 is 0 Å². The van der Waals surface area contributed by atoms with Gasteiger partial charge in [-0.3, -0.25) is 4.99 Å². The van der Waals surface area contributed by atoms with Gasteiger partial charge in [0.2, 0.25) is 0 Å². The van der Waals surface area contributed by atoms with Crippen LogP contribution in [0.1, 0.15) is 6.92 Å². The third kappa shape index (κ3) is 5.80. The Hall–Kier alpha value is -0.543. The average Bonchev–Trinajstić information content (AvgIpc) is 2.15. The fourth-order valence-electron chi connectivity index (χ4n) is 1.04. The highest BCUT2D eigenvalue weighted by molar-refractivity contribution is 8.13. The van der Waals surface area contributed by atoms with E-state index in [0.717, 1.165) is 6.17 Å². The maximum absolute atomic E-state index is 4.63. The summed E-state index contributed by atoms with van der Waals surface area (Å²) in [7, 11) is -1.04. The molecule has 82 valence electrons. The lowest BCUT2D eigenvalue weighted by molar-refractivity contribution is 1.28. The standard InChI is InChI=1S/C12H19NSSi/c1-11(13-10-15(2,3)4)14-12-8-6-5-7-9-12/h5-9H,10H2,1-4H3. The fourth-order valence-corrected chi connectivity index (χ4v) is 2.63. The minimum atomic E-state index is -1.04. The fraction of sp³-hybridized carbons (Fsp3) is 0.417. The molecule has 0 atom stereocenters. The summed E-state index contributed by atoms with van der Waals surface area (Å²) in [6, 6.07) is 10.4. The minimum absolute atomic E-state index is 1.03. The van der Waals surface area contributed by atoms with Gasteiger partial charge in [-0.25, -0.2) is 0 Å². The summed E-state index contributed by atoms with van der Waals surface area (Å²) in [5.74, 6) is 0. The summed E-state index contributed by atoms with van der Waals surface area (Å²) >= 11 is 1.76. The first-order chi connectivity index (χ1) is 6.97. The van der Waals surface area contributed by atoms with Crippen LogP contribution in [0.4, 0.5) is 0 Å². The average molecular weight is 237 g/mol. The summed E-state index contributed by atoms with van der Waals surface area (Å²) in [6.45, 7) is 9.13. The third-order valence-corrected chi connectivity index (χ3v) is 3.82. The maximum Gasteiger partial charge on any atom is 0.0692 e. The van der Waals surface area contributed by atoms with Crippen molar-refractivity contribution in [2.45, 2.75) is 31.5 Å². The molecule has 0 saturated carbocycles. The molecule has 0 fully saturated rings. The molecule has 0 spiro atoms. The van der Waals surface area contributed by atoms with Gasteiger partial charge in [0.05, 0.1) is 13.1 Å². The van der Waals surface area contributed by atoms with Crippen molar-refractivity contribution >= 4 is 24.9 Å². The van der Waals surface area contributed by atoms with Crippen LogP contribution in [0.2, 0.25) is 19.6 Å². The van der Waals surface area contributed by atoms with Gasteiger partial charge in [0.15, 0.2) is 0 Å². The Labute approximate surface area is 98.0 Å². The van der Waals surface area contributed by atoms with E-state index >= 15 is 0 Å². The van der Waals surface area contributed by atoms with Crippen molar-refractivity contribution in [1.82, 2.24) is 0 Å². The topological polar surface area (TPSA) is 12.4 Å². The molecule has 15 heavy (non-hydrogen) atoms. The highest BCUT2D eigenvalue weighted by Gasteiger charge is 2.11. The van der Waals surface area contributed by atoms with Crippen LogP contribution in [0.5, 0.6) is 0 Å². The normalized spacial score (nSPS) is 12.9. The zero-order valence-corrected chi connectivity index (χ0v) is 11.8. The van der Waals surface area contributed by atoms with E-state index in [4.69, 9.17) is 0 Å². The second kappa shape index (κ2) is 5.52. The van der Waals surface area contributed by atoms with E-state index in [1.807, 2.05) is 6.07 Å². The third-order valence-electron chi connectivity index (χ3n) is 1.78. The Morgan fingerprint density at radius 3 is 2.33 bits per heavy atom. The molecular formula is C12H19NSSi. The van der Waals surface area contributed by atoms with Crippen molar-refractivity contribution in [2.24, 2.45) is 4.99 Å². The van der Waals surface area contributed by atoms with Crippen molar-refractivity contribution in [1.29, 1.82) is 0 Å². The van der Waals surface area contributed by atoms with Gasteiger partial charge < -0.3 is 0 Å². The highest BCUT2D eigenvalue weighted by Crippen LogP contribution is 2.19. The SMILES string of the molecule is CC(=NC[Si](C)(C)C)Sc1ccccc1. The summed E-state index contributed by atoms with van der Waals surface area (Å²) in [5, 5.41) is 1.17. The monoisotopic (exact) mass is 237 g/mol. The quantitative estimate of drug-likeness (QED) is 0.334. The first kappa shape index (κ1) is 12.5. The number of hydrogen-bond donors (Lipinski definition) is 0. The number of benzene rings is 1. The molecule has 0 amide bonds. The molecule has 0 heterocycles. The summed E-state index contributed by atoms with van der Waals surface area (Å²) in [5.41, 5.74) is 0. The van der Waals surface area contributed by atoms with Gasteiger partial charge in [0.25, 0.3) is 0 Å². The lowest BCUT2D eigenvalue weighted by Gasteiger charge is -2.12. The molecule has 1 aromatic carbocycles. The second-order valence-corrected chi connectivity index (χ2v) is 11.5. The van der Waals surface area contributed by atoms with E-state index in [9.17, 15) is 0 Å². The van der Waals surface area contributed by atoms with E-state index in [1.54, 1.807) is 11.8 Å². The molecular weight excluding hydrogens is 218 g/mol. The van der Waals surface area contributed by atoms with Gasteiger partial charge in [-0.2, -0.15) is 0 Å². The molecule has 0 bridgehead atoms. The number of nitrogens with zero attached hydrogens (tertiary/aromatic N) is 1. The number of rotatable bonds is 3. The van der Waals surface area contributed by atoms with Gasteiger partial charge in [-0.15, -0.1) is 0 Å². The lowest BCUT2D eigenvalue weighted by Crippen LogP contribution is -2.25. The van der Waals surface area contributed by atoms with Crippen molar-refractivity contribution in [3.05, 3.63) is 30.3 Å². The van der Waals surface area contributed by atoms with E-state index in [0.29, 0.717) is 0 Å². The van der Waals surface area contributed by atoms with Crippen molar-refractivity contribution in [3.8, 4) is 0 Å². The molecule has 1 aromatic rings. The zero-order chi connectivity index (χ0) is 11.3. The molecule has 0 unspecified atom stereocenters. The van der Waals surface area contributed by atoms with Crippen LogP contribution in [0, 0.1) is 0 Å². The predicted octanol–water partition coefficient (Wildman–Crippen LogP) is 4.07. The van der Waals surface area contributed by atoms with Crippen LogP contribution >= 0.6 is 11.8 Å². The molecule has 0 radical (unpaired) electrons. The molecule has 1 nitrogen and oxygen atoms in total. The van der Waals surface area contributed by atoms with Crippen LogP contribution in [-0.4, -0.2) is 19.3 Å². The van der Waals surface area contributed by atoms with E-state index in [1.165, 1.54) is 9.94 Å². The van der Waals surface area contributed by atoms with Crippen LogP contribution in [0.15, 0.2) is 40.2 Å². The molecule has 0 N–H and O–H groups in total. The Morgan fingerprint density at radius 2 is 1.80 bits per heavy atom. The van der Waals surface area contributed by atoms with Crippen LogP contribution in [0.3, 0.4) is 0 Å². The number of hydrogen-bond acceptors (Lipinski definition) is 2. The van der Waals surface area contributed by atoms with Gasteiger partial charge in [0, 0.05) is 11.1 Å². The van der Waals surface area contributed by atoms with Crippen LogP contribution < -0.4 is 0 Å². The van der Waals surface area contributed by atoms with Crippen molar-refractivity contribution in [2.75, 3.05) is 6.17 Å². The van der Waals surface area contributed by atoms with E-state index in [2.05, 4.69) is 55.8 Å². The predicted molar refractivity (Wildman–Crippen MR) is 73.6 cm³/mol. The summed E-state index contributed by atoms with van der Waals surface area (Å²) in [4.78, 5) is 5.90. The number of aliphatic imine (C=N–C) groups is 1. The molecule has 0 aliphatic carbocycles. The van der Waals surface area contributed by atoms with Gasteiger partial charge in [-0.05, 0) is 19.1 Å². The van der Waals surface area contributed by atoms with E-state index in [-0.39, 0.29) is 0 Å².